The Labute approximate surface area is 127 Å². The van der Waals surface area contributed by atoms with Gasteiger partial charge in [0, 0.05) is 30.2 Å². The van der Waals surface area contributed by atoms with Crippen molar-refractivity contribution >= 4 is 23.6 Å². The number of carbonyl (C=O) groups excluding carboxylic acids is 1. The lowest BCUT2D eigenvalue weighted by Gasteiger charge is -2.15. The number of amides is 1. The summed E-state index contributed by atoms with van der Waals surface area (Å²) >= 11 is 1.30. The maximum absolute atomic E-state index is 13.4. The number of rotatable bonds is 5. The Hall–Kier alpha value is -1.56. The molecule has 0 aliphatic carbocycles. The minimum atomic E-state index is -0.849. The summed E-state index contributed by atoms with van der Waals surface area (Å²) in [6.07, 6.45) is 0.290. The van der Waals surface area contributed by atoms with E-state index in [2.05, 4.69) is 0 Å². The number of aliphatic carboxylic acids is 1. The topological polar surface area (TPSA) is 57.6 Å². The second kappa shape index (κ2) is 6.93. The fraction of sp³-hybridized carbons (Fsp3) is 0.467. The molecule has 2 atom stereocenters. The molecule has 4 nitrogen and oxygen atoms in total. The number of hydrogen-bond donors (Lipinski definition) is 1. The molecule has 1 aromatic carbocycles. The highest BCUT2D eigenvalue weighted by molar-refractivity contribution is 7.99. The van der Waals surface area contributed by atoms with E-state index in [1.54, 1.807) is 23.1 Å². The number of hydrogen-bond acceptors (Lipinski definition) is 3. The second-order valence-corrected chi connectivity index (χ2v) is 6.39. The molecule has 0 unspecified atom stereocenters. The molecular formula is C15H18FNO3S. The van der Waals surface area contributed by atoms with Gasteiger partial charge in [0.25, 0.3) is 0 Å². The Morgan fingerprint density at radius 2 is 2.10 bits per heavy atom. The standard InChI is InChI=1S/C15H18FNO3S/c1-10-8-17(9-11(10)15(19)20)14(18)6-7-21-13-5-3-2-4-12(13)16/h2-5,10-11H,6-9H2,1H3,(H,19,20)/t10-,11-/m1/s1. The molecule has 1 heterocycles. The average Bonchev–Trinajstić information content (AvgIpc) is 2.83. The number of likely N-dealkylation sites (tertiary alicyclic amines) is 1. The number of halogens is 1. The zero-order valence-corrected chi connectivity index (χ0v) is 12.6. The van der Waals surface area contributed by atoms with Gasteiger partial charge in [-0.25, -0.2) is 4.39 Å². The molecule has 0 spiro atoms. The molecule has 1 N–H and O–H groups in total. The first-order valence-electron chi connectivity index (χ1n) is 6.87. The van der Waals surface area contributed by atoms with Crippen LogP contribution in [0, 0.1) is 17.7 Å². The largest absolute Gasteiger partial charge is 0.481 e. The summed E-state index contributed by atoms with van der Waals surface area (Å²) < 4.78 is 13.4. The zero-order chi connectivity index (χ0) is 15.4. The van der Waals surface area contributed by atoms with E-state index in [0.29, 0.717) is 17.2 Å². The van der Waals surface area contributed by atoms with Crippen molar-refractivity contribution in [2.24, 2.45) is 11.8 Å². The minimum Gasteiger partial charge on any atom is -0.481 e. The van der Waals surface area contributed by atoms with Crippen molar-refractivity contribution in [2.45, 2.75) is 18.2 Å². The summed E-state index contributed by atoms with van der Waals surface area (Å²) in [7, 11) is 0. The molecular weight excluding hydrogens is 293 g/mol. The first kappa shape index (κ1) is 15.8. The normalized spacial score (nSPS) is 21.5. The Balaban J connectivity index is 1.81. The molecule has 1 aromatic rings. The first-order chi connectivity index (χ1) is 9.99. The molecule has 1 aliphatic heterocycles. The van der Waals surface area contributed by atoms with Crippen LogP contribution in [0.15, 0.2) is 29.2 Å². The van der Waals surface area contributed by atoms with Gasteiger partial charge in [-0.3, -0.25) is 9.59 Å². The lowest BCUT2D eigenvalue weighted by molar-refractivity contribution is -0.142. The van der Waals surface area contributed by atoms with E-state index in [1.807, 2.05) is 6.92 Å². The smallest absolute Gasteiger partial charge is 0.308 e. The molecule has 1 amide bonds. The predicted molar refractivity (Wildman–Crippen MR) is 78.6 cm³/mol. The maximum Gasteiger partial charge on any atom is 0.308 e. The molecule has 1 fully saturated rings. The average molecular weight is 311 g/mol. The summed E-state index contributed by atoms with van der Waals surface area (Å²) in [5.74, 6) is -1.20. The van der Waals surface area contributed by atoms with Gasteiger partial charge in [0.05, 0.1) is 5.92 Å². The van der Waals surface area contributed by atoms with Gasteiger partial charge in [-0.2, -0.15) is 0 Å². The highest BCUT2D eigenvalue weighted by atomic mass is 32.2. The SMILES string of the molecule is C[C@@H]1CN(C(=O)CCSc2ccccc2F)C[C@H]1C(=O)O. The monoisotopic (exact) mass is 311 g/mol. The molecule has 114 valence electrons. The maximum atomic E-state index is 13.4. The van der Waals surface area contributed by atoms with Crippen molar-refractivity contribution in [3.63, 3.8) is 0 Å². The van der Waals surface area contributed by atoms with E-state index in [-0.39, 0.29) is 30.6 Å². The van der Waals surface area contributed by atoms with Crippen molar-refractivity contribution in [1.29, 1.82) is 0 Å². The summed E-state index contributed by atoms with van der Waals surface area (Å²) in [5, 5.41) is 9.05. The van der Waals surface area contributed by atoms with Crippen molar-refractivity contribution in [2.75, 3.05) is 18.8 Å². The lowest BCUT2D eigenvalue weighted by Crippen LogP contribution is -2.30. The van der Waals surface area contributed by atoms with Gasteiger partial charge in [-0.05, 0) is 18.1 Å². The van der Waals surface area contributed by atoms with Crippen LogP contribution in [0.1, 0.15) is 13.3 Å². The van der Waals surface area contributed by atoms with Gasteiger partial charge in [0.15, 0.2) is 0 Å². The Kier molecular flexibility index (Phi) is 5.22. The molecule has 2 rings (SSSR count). The van der Waals surface area contributed by atoms with Crippen molar-refractivity contribution in [3.05, 3.63) is 30.1 Å². The molecule has 1 saturated heterocycles. The lowest BCUT2D eigenvalue weighted by atomic mass is 9.99. The van der Waals surface area contributed by atoms with Gasteiger partial charge in [-0.15, -0.1) is 11.8 Å². The number of thioether (sulfide) groups is 1. The Bertz CT molecular complexity index is 537. The van der Waals surface area contributed by atoms with Crippen LogP contribution in [-0.2, 0) is 9.59 Å². The molecule has 0 radical (unpaired) electrons. The quantitative estimate of drug-likeness (QED) is 0.849. The third-order valence-electron chi connectivity index (χ3n) is 3.69. The molecule has 0 bridgehead atoms. The third-order valence-corrected chi connectivity index (χ3v) is 4.74. The van der Waals surface area contributed by atoms with Crippen LogP contribution in [-0.4, -0.2) is 40.7 Å². The number of benzene rings is 1. The molecule has 6 heteroatoms. The minimum absolute atomic E-state index is 0.0225. The van der Waals surface area contributed by atoms with Crippen LogP contribution in [0.3, 0.4) is 0 Å². The van der Waals surface area contributed by atoms with Gasteiger partial charge in [0.1, 0.15) is 5.82 Å². The van der Waals surface area contributed by atoms with E-state index >= 15 is 0 Å². The highest BCUT2D eigenvalue weighted by Gasteiger charge is 2.36. The third kappa shape index (κ3) is 3.97. The van der Waals surface area contributed by atoms with Crippen LogP contribution in [0.25, 0.3) is 0 Å². The van der Waals surface area contributed by atoms with Crippen LogP contribution in [0.4, 0.5) is 4.39 Å². The van der Waals surface area contributed by atoms with Crippen LogP contribution < -0.4 is 0 Å². The van der Waals surface area contributed by atoms with E-state index in [9.17, 15) is 14.0 Å². The summed E-state index contributed by atoms with van der Waals surface area (Å²) in [5.41, 5.74) is 0. The van der Waals surface area contributed by atoms with E-state index in [4.69, 9.17) is 5.11 Å². The predicted octanol–water partition coefficient (Wildman–Crippen LogP) is 2.49. The first-order valence-corrected chi connectivity index (χ1v) is 7.85. The van der Waals surface area contributed by atoms with Gasteiger partial charge in [-0.1, -0.05) is 19.1 Å². The Morgan fingerprint density at radius 1 is 1.38 bits per heavy atom. The fourth-order valence-electron chi connectivity index (χ4n) is 2.46. The highest BCUT2D eigenvalue weighted by Crippen LogP contribution is 2.25. The van der Waals surface area contributed by atoms with Crippen molar-refractivity contribution in [1.82, 2.24) is 4.90 Å². The van der Waals surface area contributed by atoms with Gasteiger partial charge < -0.3 is 10.0 Å². The number of carboxylic acids is 1. The summed E-state index contributed by atoms with van der Waals surface area (Å²) in [6, 6.07) is 6.46. The molecule has 21 heavy (non-hydrogen) atoms. The van der Waals surface area contributed by atoms with E-state index in [1.165, 1.54) is 17.8 Å². The number of nitrogens with zero attached hydrogens (tertiary/aromatic N) is 1. The van der Waals surface area contributed by atoms with Crippen molar-refractivity contribution < 1.29 is 19.1 Å². The second-order valence-electron chi connectivity index (χ2n) is 5.25. The van der Waals surface area contributed by atoms with Gasteiger partial charge >= 0.3 is 5.97 Å². The molecule has 1 aliphatic rings. The fourth-order valence-corrected chi connectivity index (χ4v) is 3.34. The van der Waals surface area contributed by atoms with E-state index < -0.39 is 11.9 Å². The van der Waals surface area contributed by atoms with Crippen LogP contribution >= 0.6 is 11.8 Å². The van der Waals surface area contributed by atoms with E-state index in [0.717, 1.165) is 0 Å². The zero-order valence-electron chi connectivity index (χ0n) is 11.8. The Morgan fingerprint density at radius 3 is 2.71 bits per heavy atom. The number of carbonyl (C=O) groups is 2. The van der Waals surface area contributed by atoms with Crippen LogP contribution in [0.5, 0.6) is 0 Å². The molecule has 0 aromatic heterocycles. The van der Waals surface area contributed by atoms with Crippen LogP contribution in [0.2, 0.25) is 0 Å². The molecule has 0 saturated carbocycles. The summed E-state index contributed by atoms with van der Waals surface area (Å²) in [6.45, 7) is 2.61. The summed E-state index contributed by atoms with van der Waals surface area (Å²) in [4.78, 5) is 25.2. The van der Waals surface area contributed by atoms with Gasteiger partial charge in [0.2, 0.25) is 5.91 Å². The number of carboxylic acid groups (broad SMARTS) is 1. The van der Waals surface area contributed by atoms with Crippen molar-refractivity contribution in [3.8, 4) is 0 Å².